The van der Waals surface area contributed by atoms with Gasteiger partial charge in [0.1, 0.15) is 5.57 Å². The van der Waals surface area contributed by atoms with Crippen LogP contribution in [0.2, 0.25) is 10.0 Å². The first-order valence-electron chi connectivity index (χ1n) is 7.30. The number of aryl methyl sites for hydroxylation is 1. The van der Waals surface area contributed by atoms with Crippen molar-refractivity contribution in [3.05, 3.63) is 56.8 Å². The maximum absolute atomic E-state index is 11.9. The van der Waals surface area contributed by atoms with Crippen LogP contribution in [0.5, 0.6) is 0 Å². The fourth-order valence-corrected chi connectivity index (χ4v) is 3.28. The first-order chi connectivity index (χ1) is 11.8. The Morgan fingerprint density at radius 3 is 2.04 bits per heavy atom. The third-order valence-corrected chi connectivity index (χ3v) is 4.26. The van der Waals surface area contributed by atoms with Gasteiger partial charge in [-0.1, -0.05) is 23.2 Å². The van der Waals surface area contributed by atoms with Crippen LogP contribution in [0.1, 0.15) is 17.0 Å². The molecule has 2 N–H and O–H groups in total. The highest BCUT2D eigenvalue weighted by Gasteiger charge is 2.28. The lowest BCUT2D eigenvalue weighted by atomic mass is 10.1. The molecule has 0 bridgehead atoms. The molecule has 8 heteroatoms. The van der Waals surface area contributed by atoms with E-state index >= 15 is 0 Å². The van der Waals surface area contributed by atoms with E-state index in [0.717, 1.165) is 17.1 Å². The number of halogens is 2. The first kappa shape index (κ1) is 17.3. The van der Waals surface area contributed by atoms with E-state index in [1.165, 1.54) is 6.08 Å². The summed E-state index contributed by atoms with van der Waals surface area (Å²) >= 11 is 12.1. The summed E-state index contributed by atoms with van der Waals surface area (Å²) in [7, 11) is 0. The molecule has 1 aromatic heterocycles. The summed E-state index contributed by atoms with van der Waals surface area (Å²) in [5.41, 5.74) is 2.97. The number of urea groups is 1. The summed E-state index contributed by atoms with van der Waals surface area (Å²) in [6.45, 7) is 3.73. The summed E-state index contributed by atoms with van der Waals surface area (Å²) < 4.78 is 1.91. The van der Waals surface area contributed by atoms with E-state index in [-0.39, 0.29) is 5.57 Å². The molecular formula is C17H13Cl2N3O3. The normalized spacial score (nSPS) is 14.4. The van der Waals surface area contributed by atoms with E-state index in [1.54, 1.807) is 18.2 Å². The van der Waals surface area contributed by atoms with Crippen LogP contribution in [0.4, 0.5) is 4.79 Å². The molecule has 4 amide bonds. The number of aromatic nitrogens is 1. The van der Waals surface area contributed by atoms with E-state index in [9.17, 15) is 14.4 Å². The van der Waals surface area contributed by atoms with Crippen molar-refractivity contribution in [2.45, 2.75) is 13.8 Å². The van der Waals surface area contributed by atoms with Gasteiger partial charge in [-0.05, 0) is 49.8 Å². The lowest BCUT2D eigenvalue weighted by Gasteiger charge is -2.14. The Morgan fingerprint density at radius 2 is 1.48 bits per heavy atom. The highest BCUT2D eigenvalue weighted by Crippen LogP contribution is 2.27. The smallest absolute Gasteiger partial charge is 0.318 e. The zero-order valence-corrected chi connectivity index (χ0v) is 14.8. The molecule has 0 radical (unpaired) electrons. The van der Waals surface area contributed by atoms with Crippen LogP contribution in [0.15, 0.2) is 29.8 Å². The Bertz CT molecular complexity index is 918. The molecule has 6 nitrogen and oxygen atoms in total. The molecule has 1 saturated heterocycles. The molecule has 0 unspecified atom stereocenters. The molecule has 0 atom stereocenters. The van der Waals surface area contributed by atoms with Crippen LogP contribution in [-0.2, 0) is 9.59 Å². The highest BCUT2D eigenvalue weighted by molar-refractivity contribution is 6.35. The van der Waals surface area contributed by atoms with E-state index < -0.39 is 17.8 Å². The van der Waals surface area contributed by atoms with Crippen LogP contribution in [0.3, 0.4) is 0 Å². The predicted molar refractivity (Wildman–Crippen MR) is 94.9 cm³/mol. The summed E-state index contributed by atoms with van der Waals surface area (Å²) in [4.78, 5) is 34.9. The number of amides is 4. The molecule has 3 rings (SSSR count). The van der Waals surface area contributed by atoms with Gasteiger partial charge in [-0.25, -0.2) is 4.79 Å². The zero-order valence-electron chi connectivity index (χ0n) is 13.3. The van der Waals surface area contributed by atoms with Crippen molar-refractivity contribution in [1.82, 2.24) is 15.2 Å². The van der Waals surface area contributed by atoms with Crippen molar-refractivity contribution in [2.75, 3.05) is 0 Å². The summed E-state index contributed by atoms with van der Waals surface area (Å²) in [6, 6.07) is 6.17. The monoisotopic (exact) mass is 377 g/mol. The average molecular weight is 378 g/mol. The predicted octanol–water partition coefficient (Wildman–Crippen LogP) is 3.15. The second kappa shape index (κ2) is 6.38. The van der Waals surface area contributed by atoms with Crippen molar-refractivity contribution in [3.63, 3.8) is 0 Å². The number of hydrogen-bond acceptors (Lipinski definition) is 3. The van der Waals surface area contributed by atoms with Crippen LogP contribution >= 0.6 is 23.2 Å². The van der Waals surface area contributed by atoms with Gasteiger partial charge in [0, 0.05) is 27.1 Å². The molecule has 0 spiro atoms. The van der Waals surface area contributed by atoms with Gasteiger partial charge in [-0.2, -0.15) is 0 Å². The molecule has 0 aliphatic carbocycles. The second-order valence-electron chi connectivity index (χ2n) is 5.58. The third kappa shape index (κ3) is 3.31. The van der Waals surface area contributed by atoms with Gasteiger partial charge in [0.2, 0.25) is 0 Å². The van der Waals surface area contributed by atoms with Crippen molar-refractivity contribution in [2.24, 2.45) is 0 Å². The van der Waals surface area contributed by atoms with Crippen LogP contribution in [0, 0.1) is 13.8 Å². The Kier molecular flexibility index (Phi) is 4.41. The summed E-state index contributed by atoms with van der Waals surface area (Å²) in [5, 5.41) is 5.09. The first-order valence-corrected chi connectivity index (χ1v) is 8.05. The Hall–Kier alpha value is -2.57. The maximum Gasteiger partial charge on any atom is 0.328 e. The highest BCUT2D eigenvalue weighted by atomic mass is 35.5. The van der Waals surface area contributed by atoms with Crippen molar-refractivity contribution < 1.29 is 14.4 Å². The number of nitrogens with one attached hydrogen (secondary N) is 2. The average Bonchev–Trinajstić information content (AvgIpc) is 2.76. The minimum atomic E-state index is -0.828. The molecule has 2 aromatic rings. The maximum atomic E-state index is 11.9. The van der Waals surface area contributed by atoms with Crippen LogP contribution < -0.4 is 10.6 Å². The van der Waals surface area contributed by atoms with Crippen LogP contribution in [0.25, 0.3) is 11.8 Å². The number of benzene rings is 1. The molecule has 128 valence electrons. The number of imide groups is 2. The van der Waals surface area contributed by atoms with Crippen molar-refractivity contribution >= 4 is 47.1 Å². The Labute approximate surface area is 153 Å². The topological polar surface area (TPSA) is 80.2 Å². The minimum absolute atomic E-state index is 0.135. The largest absolute Gasteiger partial charge is 0.328 e. The van der Waals surface area contributed by atoms with Gasteiger partial charge < -0.3 is 4.57 Å². The van der Waals surface area contributed by atoms with Crippen molar-refractivity contribution in [1.29, 1.82) is 0 Å². The lowest BCUT2D eigenvalue weighted by Crippen LogP contribution is -2.51. The van der Waals surface area contributed by atoms with Gasteiger partial charge in [0.25, 0.3) is 11.8 Å². The van der Waals surface area contributed by atoms with Crippen molar-refractivity contribution in [3.8, 4) is 5.69 Å². The molecule has 1 fully saturated rings. The molecule has 1 aliphatic heterocycles. The Morgan fingerprint density at radius 1 is 0.920 bits per heavy atom. The molecule has 1 aliphatic rings. The van der Waals surface area contributed by atoms with Gasteiger partial charge in [0.15, 0.2) is 0 Å². The third-order valence-electron chi connectivity index (χ3n) is 3.82. The summed E-state index contributed by atoms with van der Waals surface area (Å²) in [5.74, 6) is -1.46. The minimum Gasteiger partial charge on any atom is -0.318 e. The fourth-order valence-electron chi connectivity index (χ4n) is 2.76. The SMILES string of the molecule is Cc1cc(C=C2C(=O)NC(=O)NC2=O)c(C)n1-c1cc(Cl)cc(Cl)c1. The van der Waals surface area contributed by atoms with E-state index in [0.29, 0.717) is 15.6 Å². The quantitative estimate of drug-likeness (QED) is 0.622. The number of rotatable bonds is 2. The lowest BCUT2D eigenvalue weighted by molar-refractivity contribution is -0.123. The zero-order chi connectivity index (χ0) is 18.3. The number of barbiturate groups is 1. The standard InChI is InChI=1S/C17H13Cl2N3O3/c1-8-3-10(4-14-15(23)20-17(25)21-16(14)24)9(2)22(8)13-6-11(18)5-12(19)7-13/h3-7H,1-2H3,(H2,20,21,23,24,25). The number of carbonyl (C=O) groups excluding carboxylic acids is 3. The number of nitrogens with zero attached hydrogens (tertiary/aromatic N) is 1. The fraction of sp³-hybridized carbons (Fsp3) is 0.118. The van der Waals surface area contributed by atoms with Gasteiger partial charge >= 0.3 is 6.03 Å². The van der Waals surface area contributed by atoms with Gasteiger partial charge in [-0.3, -0.25) is 20.2 Å². The Balaban J connectivity index is 2.09. The van der Waals surface area contributed by atoms with E-state index in [1.807, 2.05) is 35.1 Å². The molecule has 1 aromatic carbocycles. The van der Waals surface area contributed by atoms with Crippen LogP contribution in [-0.4, -0.2) is 22.4 Å². The number of hydrogen-bond donors (Lipinski definition) is 2. The van der Waals surface area contributed by atoms with E-state index in [4.69, 9.17) is 23.2 Å². The molecular weight excluding hydrogens is 365 g/mol. The van der Waals surface area contributed by atoms with E-state index in [2.05, 4.69) is 0 Å². The molecule has 2 heterocycles. The van der Waals surface area contributed by atoms with Gasteiger partial charge in [-0.15, -0.1) is 0 Å². The number of carbonyl (C=O) groups is 3. The van der Waals surface area contributed by atoms with Gasteiger partial charge in [0.05, 0.1) is 0 Å². The second-order valence-corrected chi connectivity index (χ2v) is 6.46. The summed E-state index contributed by atoms with van der Waals surface area (Å²) in [6.07, 6.45) is 1.45. The molecule has 25 heavy (non-hydrogen) atoms. The molecule has 0 saturated carbocycles.